The molecule has 1 aliphatic rings. The lowest BCUT2D eigenvalue weighted by Crippen LogP contribution is -2.46. The number of rotatable bonds is 4. The molecule has 1 aromatic heterocycles. The largest absolute Gasteiger partial charge is 0.495 e. The predicted octanol–water partition coefficient (Wildman–Crippen LogP) is 1.19. The lowest BCUT2D eigenvalue weighted by atomic mass is 10.1. The van der Waals surface area contributed by atoms with Crippen LogP contribution in [0.3, 0.4) is 0 Å². The number of likely N-dealkylation sites (tertiary alicyclic amines) is 1. The van der Waals surface area contributed by atoms with Crippen LogP contribution in [0.2, 0.25) is 5.02 Å². The van der Waals surface area contributed by atoms with E-state index in [1.165, 1.54) is 0 Å². The summed E-state index contributed by atoms with van der Waals surface area (Å²) in [5.41, 5.74) is 5.01. The number of hydrogen-bond acceptors (Lipinski definition) is 6. The topological polar surface area (TPSA) is 130 Å². The molecular formula is C20H28ClN5O4. The molecule has 1 aromatic carbocycles. The summed E-state index contributed by atoms with van der Waals surface area (Å²) < 4.78 is 5.11. The fraction of sp³-hybridized carbons (Fsp3) is 0.400. The van der Waals surface area contributed by atoms with Gasteiger partial charge in [-0.2, -0.15) is 0 Å². The zero-order chi connectivity index (χ0) is 22.7. The summed E-state index contributed by atoms with van der Waals surface area (Å²) >= 11 is 5.79. The Bertz CT molecular complexity index is 931. The van der Waals surface area contributed by atoms with Gasteiger partial charge in [0, 0.05) is 30.2 Å². The molecule has 9 nitrogen and oxygen atoms in total. The predicted molar refractivity (Wildman–Crippen MR) is 119 cm³/mol. The van der Waals surface area contributed by atoms with Gasteiger partial charge >= 0.3 is 0 Å². The van der Waals surface area contributed by atoms with Crippen molar-refractivity contribution in [3.8, 4) is 5.75 Å². The molecule has 2 amide bonds. The van der Waals surface area contributed by atoms with Crippen molar-refractivity contribution in [3.63, 3.8) is 0 Å². The number of ether oxygens (including phenoxy) is 1. The zero-order valence-electron chi connectivity index (χ0n) is 17.4. The smallest absolute Gasteiger partial charge is 0.256 e. The average Bonchev–Trinajstić information content (AvgIpc) is 3.20. The highest BCUT2D eigenvalue weighted by molar-refractivity contribution is 6.31. The molecule has 1 aliphatic heterocycles. The molecule has 10 heteroatoms. The first-order valence-corrected chi connectivity index (χ1v) is 9.61. The molecular weight excluding hydrogens is 410 g/mol. The fourth-order valence-electron chi connectivity index (χ4n) is 2.99. The van der Waals surface area contributed by atoms with Gasteiger partial charge in [-0.1, -0.05) is 11.6 Å². The third kappa shape index (κ3) is 6.85. The van der Waals surface area contributed by atoms with Crippen molar-refractivity contribution in [1.29, 1.82) is 0 Å². The van der Waals surface area contributed by atoms with Crippen LogP contribution in [0, 0.1) is 0 Å². The maximum Gasteiger partial charge on any atom is 0.256 e. The van der Waals surface area contributed by atoms with E-state index in [0.717, 1.165) is 11.8 Å². The Kier molecular flexibility index (Phi) is 10.6. The first-order chi connectivity index (χ1) is 14.3. The van der Waals surface area contributed by atoms with Gasteiger partial charge in [0.25, 0.3) is 5.56 Å². The second-order valence-electron chi connectivity index (χ2n) is 6.37. The highest BCUT2D eigenvalue weighted by Crippen LogP contribution is 2.24. The SMILES string of the molecule is C=NC.CNCC(=O)N1CCC[C@H]1C(N)=O.COc1c[nH]c(=O)c2cc(Cl)ccc12. The van der Waals surface area contributed by atoms with Gasteiger partial charge in [0.15, 0.2) is 0 Å². The molecule has 1 atom stereocenters. The lowest BCUT2D eigenvalue weighted by molar-refractivity contribution is -0.136. The molecule has 0 saturated carbocycles. The summed E-state index contributed by atoms with van der Waals surface area (Å²) in [6.45, 7) is 4.03. The van der Waals surface area contributed by atoms with Crippen LogP contribution in [-0.2, 0) is 9.59 Å². The quantitative estimate of drug-likeness (QED) is 0.618. The number of H-pyrrole nitrogens is 1. The van der Waals surface area contributed by atoms with Gasteiger partial charge in [-0.05, 0) is 44.8 Å². The van der Waals surface area contributed by atoms with Crippen molar-refractivity contribution in [3.05, 3.63) is 39.8 Å². The van der Waals surface area contributed by atoms with E-state index in [-0.39, 0.29) is 24.1 Å². The van der Waals surface area contributed by atoms with E-state index in [0.29, 0.717) is 29.1 Å². The Hall–Kier alpha value is -2.91. The maximum absolute atomic E-state index is 11.4. The van der Waals surface area contributed by atoms with Gasteiger partial charge in [0.1, 0.15) is 11.8 Å². The van der Waals surface area contributed by atoms with Gasteiger partial charge in [-0.15, -0.1) is 0 Å². The summed E-state index contributed by atoms with van der Waals surface area (Å²) in [7, 11) is 4.90. The molecule has 0 bridgehead atoms. The third-order valence-electron chi connectivity index (χ3n) is 4.28. The second-order valence-corrected chi connectivity index (χ2v) is 6.81. The molecule has 0 spiro atoms. The molecule has 164 valence electrons. The van der Waals surface area contributed by atoms with Crippen molar-refractivity contribution in [2.45, 2.75) is 18.9 Å². The van der Waals surface area contributed by atoms with Crippen LogP contribution in [-0.4, -0.2) is 68.8 Å². The van der Waals surface area contributed by atoms with Crippen molar-refractivity contribution in [2.24, 2.45) is 10.7 Å². The molecule has 0 radical (unpaired) electrons. The number of methoxy groups -OCH3 is 1. The van der Waals surface area contributed by atoms with Gasteiger partial charge in [0.05, 0.1) is 19.0 Å². The number of benzene rings is 1. The first-order valence-electron chi connectivity index (χ1n) is 9.23. The van der Waals surface area contributed by atoms with Crippen molar-refractivity contribution in [1.82, 2.24) is 15.2 Å². The summed E-state index contributed by atoms with van der Waals surface area (Å²) in [5, 5.41) is 4.60. The van der Waals surface area contributed by atoms with Crippen LogP contribution < -0.4 is 21.3 Å². The summed E-state index contributed by atoms with van der Waals surface area (Å²) in [5.74, 6) is 0.182. The number of likely N-dealkylation sites (N-methyl/N-ethyl adjacent to an activating group) is 1. The van der Waals surface area contributed by atoms with Gasteiger partial charge in [0.2, 0.25) is 11.8 Å². The number of nitrogens with zero attached hydrogens (tertiary/aromatic N) is 2. The minimum Gasteiger partial charge on any atom is -0.495 e. The number of carbonyl (C=O) groups is 2. The van der Waals surface area contributed by atoms with Crippen LogP contribution in [0.5, 0.6) is 5.75 Å². The van der Waals surface area contributed by atoms with E-state index >= 15 is 0 Å². The molecule has 0 unspecified atom stereocenters. The highest BCUT2D eigenvalue weighted by Gasteiger charge is 2.31. The standard InChI is InChI=1S/C10H8ClNO2.C8H15N3O2.C2H5N/c1-14-9-5-12-10(13)8-4-6(11)2-3-7(8)9;1-10-5-7(12)11-4-2-3-6(11)8(9)13;1-3-2/h2-5H,1H3,(H,12,13);6,10H,2-5H2,1H3,(H2,9,13);1H2,2H3/t;6-;/m.0./s1. The number of primary amides is 1. The number of aromatic nitrogens is 1. The number of nitrogens with one attached hydrogen (secondary N) is 2. The minimum absolute atomic E-state index is 0.0520. The number of amides is 2. The van der Waals surface area contributed by atoms with E-state index in [1.807, 2.05) is 0 Å². The van der Waals surface area contributed by atoms with Gasteiger partial charge in [-0.25, -0.2) is 0 Å². The number of aliphatic imine (C=N–C) groups is 1. The van der Waals surface area contributed by atoms with E-state index in [9.17, 15) is 14.4 Å². The molecule has 1 fully saturated rings. The van der Waals surface area contributed by atoms with Gasteiger partial charge in [-0.3, -0.25) is 14.4 Å². The second kappa shape index (κ2) is 12.6. The fourth-order valence-corrected chi connectivity index (χ4v) is 3.16. The molecule has 4 N–H and O–H groups in total. The van der Waals surface area contributed by atoms with E-state index in [4.69, 9.17) is 22.1 Å². The number of hydrogen-bond donors (Lipinski definition) is 3. The molecule has 1 saturated heterocycles. The van der Waals surface area contributed by atoms with Crippen LogP contribution in [0.15, 0.2) is 34.2 Å². The van der Waals surface area contributed by atoms with Crippen LogP contribution in [0.1, 0.15) is 12.8 Å². The molecule has 2 heterocycles. The number of pyridine rings is 1. The summed E-state index contributed by atoms with van der Waals surface area (Å²) in [4.78, 5) is 41.2. The molecule has 30 heavy (non-hydrogen) atoms. The van der Waals surface area contributed by atoms with E-state index in [2.05, 4.69) is 22.0 Å². The third-order valence-corrected chi connectivity index (χ3v) is 4.51. The van der Waals surface area contributed by atoms with Crippen LogP contribution >= 0.6 is 11.6 Å². The lowest BCUT2D eigenvalue weighted by Gasteiger charge is -2.21. The number of halogens is 1. The normalized spacial score (nSPS) is 14.8. The van der Waals surface area contributed by atoms with Crippen molar-refractivity contribution >= 4 is 40.9 Å². The summed E-state index contributed by atoms with van der Waals surface area (Å²) in [6.07, 6.45) is 3.10. The summed E-state index contributed by atoms with van der Waals surface area (Å²) in [6, 6.07) is 4.73. The number of fused-ring (bicyclic) bond motifs is 1. The number of nitrogens with two attached hydrogens (primary N) is 1. The molecule has 2 aromatic rings. The van der Waals surface area contributed by atoms with Crippen LogP contribution in [0.25, 0.3) is 10.8 Å². The van der Waals surface area contributed by atoms with Crippen molar-refractivity contribution < 1.29 is 14.3 Å². The minimum atomic E-state index is -0.401. The maximum atomic E-state index is 11.4. The first kappa shape index (κ1) is 25.1. The highest BCUT2D eigenvalue weighted by atomic mass is 35.5. The molecule has 0 aliphatic carbocycles. The van der Waals surface area contributed by atoms with Gasteiger partial charge < -0.3 is 30.7 Å². The number of carbonyl (C=O) groups excluding carboxylic acids is 2. The Morgan fingerprint density at radius 1 is 1.43 bits per heavy atom. The Balaban J connectivity index is 0.000000266. The Morgan fingerprint density at radius 3 is 2.67 bits per heavy atom. The van der Waals surface area contributed by atoms with Crippen molar-refractivity contribution in [2.75, 3.05) is 34.3 Å². The Labute approximate surface area is 180 Å². The molecule has 3 rings (SSSR count). The van der Waals surface area contributed by atoms with E-state index < -0.39 is 5.91 Å². The number of aromatic amines is 1. The Morgan fingerprint density at radius 2 is 2.10 bits per heavy atom. The van der Waals surface area contributed by atoms with E-state index in [1.54, 1.807) is 50.5 Å². The average molecular weight is 438 g/mol. The monoisotopic (exact) mass is 437 g/mol. The van der Waals surface area contributed by atoms with Crippen LogP contribution in [0.4, 0.5) is 0 Å². The zero-order valence-corrected chi connectivity index (χ0v) is 18.2.